The van der Waals surface area contributed by atoms with Gasteiger partial charge < -0.3 is 19.5 Å². The largest absolute Gasteiger partial charge is 0.490 e. The summed E-state index contributed by atoms with van der Waals surface area (Å²) in [5.41, 5.74) is 2.28. The number of amides is 1. The Kier molecular flexibility index (Phi) is 11.4. The monoisotopic (exact) mass is 743 g/mol. The first kappa shape index (κ1) is 32.6. The Bertz CT molecular complexity index is 1760. The van der Waals surface area contributed by atoms with Gasteiger partial charge in [-0.05, 0) is 95.2 Å². The van der Waals surface area contributed by atoms with E-state index >= 15 is 0 Å². The maximum Gasteiger partial charge on any atom is 0.269 e. The molecule has 0 aliphatic heterocycles. The van der Waals surface area contributed by atoms with Crippen LogP contribution in [0.15, 0.2) is 84.4 Å². The summed E-state index contributed by atoms with van der Waals surface area (Å²) < 4.78 is 18.2. The zero-order valence-corrected chi connectivity index (χ0v) is 26.9. The highest BCUT2D eigenvalue weighted by molar-refractivity contribution is 14.1. The number of carbonyl (C=O) groups is 1. The van der Waals surface area contributed by atoms with Crippen LogP contribution in [-0.2, 0) is 18.0 Å². The number of non-ortho nitro benzene ring substituents is 1. The van der Waals surface area contributed by atoms with E-state index in [9.17, 15) is 20.2 Å². The molecule has 0 heterocycles. The Balaban J connectivity index is 1.44. The van der Waals surface area contributed by atoms with Gasteiger partial charge in [0.2, 0.25) is 0 Å². The third kappa shape index (κ3) is 8.86. The summed E-state index contributed by atoms with van der Waals surface area (Å²) in [5, 5.41) is 24.6. The summed E-state index contributed by atoms with van der Waals surface area (Å²) in [6.07, 6.45) is 1.46. The molecule has 1 amide bonds. The van der Waals surface area contributed by atoms with Crippen LogP contribution >= 0.6 is 45.8 Å². The van der Waals surface area contributed by atoms with E-state index in [1.165, 1.54) is 18.2 Å². The fourth-order valence-electron chi connectivity index (χ4n) is 3.94. The Labute approximate surface area is 277 Å². The molecule has 0 aliphatic carbocycles. The molecule has 0 fully saturated rings. The zero-order valence-electron chi connectivity index (χ0n) is 23.2. The van der Waals surface area contributed by atoms with Gasteiger partial charge in [0, 0.05) is 33.4 Å². The van der Waals surface area contributed by atoms with E-state index < -0.39 is 10.8 Å². The SMILES string of the molecule is CCOc1cc(/C=C(\C#N)C(=O)Nc2ccc(OCc3ccc(Cl)cc3Cl)cc2)cc(I)c1OCc1cccc([N+](=O)[O-])c1. The summed E-state index contributed by atoms with van der Waals surface area (Å²) in [6.45, 7) is 2.48. The third-order valence-electron chi connectivity index (χ3n) is 6.03. The molecule has 12 heteroatoms. The van der Waals surface area contributed by atoms with Crippen LogP contribution < -0.4 is 19.5 Å². The predicted molar refractivity (Wildman–Crippen MR) is 177 cm³/mol. The normalized spacial score (nSPS) is 10.9. The molecule has 0 unspecified atom stereocenters. The van der Waals surface area contributed by atoms with E-state index in [2.05, 4.69) is 27.9 Å². The van der Waals surface area contributed by atoms with E-state index in [1.807, 2.05) is 13.0 Å². The van der Waals surface area contributed by atoms with E-state index in [1.54, 1.807) is 66.7 Å². The van der Waals surface area contributed by atoms with Crippen molar-refractivity contribution < 1.29 is 23.9 Å². The molecule has 0 radical (unpaired) electrons. The molecule has 0 atom stereocenters. The number of nitrogens with one attached hydrogen (secondary N) is 1. The Hall–Kier alpha value is -4.31. The van der Waals surface area contributed by atoms with Crippen molar-refractivity contribution in [3.63, 3.8) is 0 Å². The van der Waals surface area contributed by atoms with Crippen molar-refractivity contribution in [3.8, 4) is 23.3 Å². The van der Waals surface area contributed by atoms with Gasteiger partial charge in [0.1, 0.15) is 30.6 Å². The van der Waals surface area contributed by atoms with Crippen molar-refractivity contribution in [2.45, 2.75) is 20.1 Å². The minimum Gasteiger partial charge on any atom is -0.490 e. The van der Waals surface area contributed by atoms with Crippen molar-refractivity contribution >= 4 is 69.2 Å². The molecule has 9 nitrogen and oxygen atoms in total. The summed E-state index contributed by atoms with van der Waals surface area (Å²) in [5.74, 6) is 0.827. The standard InChI is InChI=1S/C32H24Cl2IN3O6/c1-2-42-30-15-21(14-29(35)31(30)44-18-20-4-3-5-26(13-20)38(40)41)12-23(17-36)32(39)37-25-8-10-27(11-9-25)43-19-22-6-7-24(33)16-28(22)34/h3-16H,2,18-19H2,1H3,(H,37,39)/b23-12+. The molecule has 0 aromatic heterocycles. The number of hydrogen-bond acceptors (Lipinski definition) is 7. The van der Waals surface area contributed by atoms with Crippen LogP contribution in [0, 0.1) is 25.0 Å². The van der Waals surface area contributed by atoms with Crippen molar-refractivity contribution in [2.75, 3.05) is 11.9 Å². The van der Waals surface area contributed by atoms with Gasteiger partial charge in [-0.2, -0.15) is 5.26 Å². The van der Waals surface area contributed by atoms with Gasteiger partial charge in [-0.15, -0.1) is 0 Å². The van der Waals surface area contributed by atoms with Crippen molar-refractivity contribution in [1.29, 1.82) is 5.26 Å². The first-order valence-electron chi connectivity index (χ1n) is 13.1. The molecule has 4 rings (SSSR count). The van der Waals surface area contributed by atoms with Gasteiger partial charge in [-0.3, -0.25) is 14.9 Å². The second-order valence-electron chi connectivity index (χ2n) is 9.15. The quantitative estimate of drug-likeness (QED) is 0.0507. The van der Waals surface area contributed by atoms with Crippen molar-refractivity contribution in [2.24, 2.45) is 0 Å². The van der Waals surface area contributed by atoms with Gasteiger partial charge in [0.15, 0.2) is 11.5 Å². The van der Waals surface area contributed by atoms with Gasteiger partial charge in [-0.1, -0.05) is 41.4 Å². The van der Waals surface area contributed by atoms with Gasteiger partial charge in [-0.25, -0.2) is 0 Å². The fourth-order valence-corrected chi connectivity index (χ4v) is 5.18. The average Bonchev–Trinajstić information content (AvgIpc) is 3.00. The second-order valence-corrected chi connectivity index (χ2v) is 11.2. The average molecular weight is 744 g/mol. The van der Waals surface area contributed by atoms with Crippen LogP contribution in [0.2, 0.25) is 10.0 Å². The van der Waals surface area contributed by atoms with Gasteiger partial charge in [0.05, 0.1) is 15.1 Å². The highest BCUT2D eigenvalue weighted by atomic mass is 127. The van der Waals surface area contributed by atoms with Crippen molar-refractivity contribution in [1.82, 2.24) is 0 Å². The Morgan fingerprint density at radius 1 is 1.02 bits per heavy atom. The molecular weight excluding hydrogens is 720 g/mol. The zero-order chi connectivity index (χ0) is 31.6. The van der Waals surface area contributed by atoms with E-state index in [-0.39, 0.29) is 24.5 Å². The van der Waals surface area contributed by atoms with Crippen LogP contribution in [0.3, 0.4) is 0 Å². The lowest BCUT2D eigenvalue weighted by molar-refractivity contribution is -0.384. The molecule has 0 saturated heterocycles. The predicted octanol–water partition coefficient (Wildman–Crippen LogP) is 8.61. The summed E-state index contributed by atoms with van der Waals surface area (Å²) >= 11 is 14.2. The Morgan fingerprint density at radius 2 is 1.80 bits per heavy atom. The topological polar surface area (TPSA) is 124 Å². The van der Waals surface area contributed by atoms with Crippen LogP contribution in [0.4, 0.5) is 11.4 Å². The lowest BCUT2D eigenvalue weighted by atomic mass is 10.1. The molecule has 0 spiro atoms. The number of benzene rings is 4. The number of hydrogen-bond donors (Lipinski definition) is 1. The maximum atomic E-state index is 12.9. The van der Waals surface area contributed by atoms with Gasteiger partial charge >= 0.3 is 0 Å². The smallest absolute Gasteiger partial charge is 0.269 e. The number of nitro benzene ring substituents is 1. The van der Waals surface area contributed by atoms with Crippen LogP contribution in [-0.4, -0.2) is 17.4 Å². The van der Waals surface area contributed by atoms with E-state index in [4.69, 9.17) is 37.4 Å². The molecule has 1 N–H and O–H groups in total. The van der Waals surface area contributed by atoms with Crippen molar-refractivity contribution in [3.05, 3.63) is 125 Å². The lowest BCUT2D eigenvalue weighted by Crippen LogP contribution is -2.13. The minimum absolute atomic E-state index is 0.0302. The first-order chi connectivity index (χ1) is 21.2. The maximum absolute atomic E-state index is 12.9. The summed E-state index contributed by atoms with van der Waals surface area (Å²) in [7, 11) is 0. The van der Waals surface area contributed by atoms with Crippen LogP contribution in [0.25, 0.3) is 6.08 Å². The number of rotatable bonds is 12. The molecule has 4 aromatic rings. The highest BCUT2D eigenvalue weighted by Gasteiger charge is 2.16. The lowest BCUT2D eigenvalue weighted by Gasteiger charge is -2.15. The first-order valence-corrected chi connectivity index (χ1v) is 14.9. The number of nitro groups is 1. The van der Waals surface area contributed by atoms with Gasteiger partial charge in [0.25, 0.3) is 11.6 Å². The molecule has 0 aliphatic rings. The number of nitrogens with zero attached hydrogens (tertiary/aromatic N) is 2. The van der Waals surface area contributed by atoms with Crippen LogP contribution in [0.5, 0.6) is 17.2 Å². The van der Waals surface area contributed by atoms with E-state index in [0.717, 1.165) is 5.56 Å². The summed E-state index contributed by atoms with van der Waals surface area (Å²) in [4.78, 5) is 23.6. The molecule has 0 saturated carbocycles. The number of nitriles is 1. The third-order valence-corrected chi connectivity index (χ3v) is 7.42. The number of ether oxygens (including phenoxy) is 3. The highest BCUT2D eigenvalue weighted by Crippen LogP contribution is 2.36. The Morgan fingerprint density at radius 3 is 2.48 bits per heavy atom. The molecule has 0 bridgehead atoms. The molecule has 44 heavy (non-hydrogen) atoms. The van der Waals surface area contributed by atoms with E-state index in [0.29, 0.717) is 54.3 Å². The number of halogens is 3. The molecule has 224 valence electrons. The number of anilines is 1. The number of carbonyl (C=O) groups excluding carboxylic acids is 1. The fraction of sp³-hybridized carbons (Fsp3) is 0.125. The second kappa shape index (κ2) is 15.4. The minimum atomic E-state index is -0.590. The molecular formula is C32H24Cl2IN3O6. The summed E-state index contributed by atoms with van der Waals surface area (Å²) in [6, 6.07) is 23.4. The molecule has 4 aromatic carbocycles. The van der Waals surface area contributed by atoms with Crippen LogP contribution in [0.1, 0.15) is 23.6 Å².